The molecule has 1 N–H and O–H groups in total. The molecule has 0 saturated carbocycles. The minimum Gasteiger partial charge on any atom is -0.387 e. The van der Waals surface area contributed by atoms with E-state index in [0.29, 0.717) is 0 Å². The number of hydrogen-bond acceptors (Lipinski definition) is 2. The maximum Gasteiger partial charge on any atom is 0.0527 e. The third-order valence-corrected chi connectivity index (χ3v) is 2.06. The van der Waals surface area contributed by atoms with Crippen LogP contribution in [0, 0.1) is 0 Å². The summed E-state index contributed by atoms with van der Waals surface area (Å²) < 4.78 is 0. The summed E-state index contributed by atoms with van der Waals surface area (Å²) in [7, 11) is 1.92. The average Bonchev–Trinajstić information content (AvgIpc) is 2.16. The molecule has 2 heteroatoms. The Kier molecular flexibility index (Phi) is 3.09. The van der Waals surface area contributed by atoms with Crippen LogP contribution in [0.5, 0.6) is 0 Å². The number of rotatable bonds is 3. The van der Waals surface area contributed by atoms with Gasteiger partial charge in [0.2, 0.25) is 0 Å². The summed E-state index contributed by atoms with van der Waals surface area (Å²) in [4.78, 5) is 4.38. The molecule has 1 aromatic heterocycles. The van der Waals surface area contributed by atoms with E-state index < -0.39 is 0 Å². The van der Waals surface area contributed by atoms with Crippen LogP contribution in [-0.2, 0) is 12.8 Å². The first-order valence-electron chi connectivity index (χ1n) is 4.47. The Labute approximate surface area is 74.0 Å². The summed E-state index contributed by atoms with van der Waals surface area (Å²) in [6, 6.07) is 2.17. The average molecular weight is 164 g/mol. The van der Waals surface area contributed by atoms with E-state index in [1.165, 1.54) is 11.3 Å². The fourth-order valence-electron chi connectivity index (χ4n) is 1.30. The van der Waals surface area contributed by atoms with Crippen LogP contribution in [0.15, 0.2) is 12.3 Å². The molecule has 0 aliphatic rings. The molecule has 2 nitrogen and oxygen atoms in total. The van der Waals surface area contributed by atoms with Crippen molar-refractivity contribution < 1.29 is 0 Å². The Balaban J connectivity index is 3.02. The lowest BCUT2D eigenvalue weighted by Gasteiger charge is -2.06. The molecule has 0 fully saturated rings. The molecule has 0 aliphatic carbocycles. The van der Waals surface area contributed by atoms with Crippen LogP contribution >= 0.6 is 0 Å². The number of nitrogens with zero attached hydrogens (tertiary/aromatic N) is 1. The molecule has 12 heavy (non-hydrogen) atoms. The molecule has 0 amide bonds. The minimum atomic E-state index is 1.02. The van der Waals surface area contributed by atoms with Gasteiger partial charge in [0.25, 0.3) is 0 Å². The largest absolute Gasteiger partial charge is 0.387 e. The maximum atomic E-state index is 4.38. The van der Waals surface area contributed by atoms with Gasteiger partial charge in [-0.15, -0.1) is 0 Å². The lowest BCUT2D eigenvalue weighted by molar-refractivity contribution is 0.965. The third-order valence-electron chi connectivity index (χ3n) is 2.06. The van der Waals surface area contributed by atoms with Crippen molar-refractivity contribution in [2.45, 2.75) is 26.7 Å². The van der Waals surface area contributed by atoms with Gasteiger partial charge in [0.05, 0.1) is 11.9 Å². The van der Waals surface area contributed by atoms with Crippen LogP contribution < -0.4 is 5.32 Å². The van der Waals surface area contributed by atoms with Crippen molar-refractivity contribution in [2.24, 2.45) is 0 Å². The molecule has 1 heterocycles. The molecule has 0 bridgehead atoms. The molecular weight excluding hydrogens is 148 g/mol. The highest BCUT2D eigenvalue weighted by Gasteiger charge is 2.00. The van der Waals surface area contributed by atoms with Gasteiger partial charge in [-0.05, 0) is 24.5 Å². The Morgan fingerprint density at radius 1 is 1.33 bits per heavy atom. The van der Waals surface area contributed by atoms with Crippen molar-refractivity contribution in [3.63, 3.8) is 0 Å². The van der Waals surface area contributed by atoms with Gasteiger partial charge >= 0.3 is 0 Å². The molecule has 0 atom stereocenters. The highest BCUT2D eigenvalue weighted by Crippen LogP contribution is 2.13. The van der Waals surface area contributed by atoms with Gasteiger partial charge in [0, 0.05) is 12.7 Å². The number of aryl methyl sites for hydroxylation is 2. The molecular formula is C10H16N2. The highest BCUT2D eigenvalue weighted by molar-refractivity contribution is 5.44. The van der Waals surface area contributed by atoms with Crippen LogP contribution in [0.3, 0.4) is 0 Å². The summed E-state index contributed by atoms with van der Waals surface area (Å²) >= 11 is 0. The topological polar surface area (TPSA) is 24.9 Å². The third kappa shape index (κ3) is 1.76. The van der Waals surface area contributed by atoms with Gasteiger partial charge < -0.3 is 5.32 Å². The van der Waals surface area contributed by atoms with Gasteiger partial charge in [-0.25, -0.2) is 0 Å². The summed E-state index contributed by atoms with van der Waals surface area (Å²) in [6.07, 6.45) is 3.97. The molecule has 0 aliphatic heterocycles. The number of nitrogens with one attached hydrogen (secondary N) is 1. The van der Waals surface area contributed by atoms with E-state index in [0.717, 1.165) is 18.5 Å². The first-order chi connectivity index (χ1) is 5.81. The van der Waals surface area contributed by atoms with Crippen molar-refractivity contribution in [3.8, 4) is 0 Å². The first-order valence-corrected chi connectivity index (χ1v) is 4.47. The van der Waals surface area contributed by atoms with Gasteiger partial charge in [-0.1, -0.05) is 13.8 Å². The number of pyridine rings is 1. The first kappa shape index (κ1) is 9.04. The van der Waals surface area contributed by atoms with Crippen molar-refractivity contribution in [1.29, 1.82) is 0 Å². The van der Waals surface area contributed by atoms with Gasteiger partial charge in [-0.3, -0.25) is 4.98 Å². The monoisotopic (exact) mass is 164 g/mol. The van der Waals surface area contributed by atoms with E-state index in [4.69, 9.17) is 0 Å². The molecule has 0 spiro atoms. The lowest BCUT2D eigenvalue weighted by Crippen LogP contribution is -1.98. The van der Waals surface area contributed by atoms with E-state index in [2.05, 4.69) is 30.2 Å². The fourth-order valence-corrected chi connectivity index (χ4v) is 1.30. The molecule has 0 aromatic carbocycles. The second-order valence-electron chi connectivity index (χ2n) is 2.79. The molecule has 1 aromatic rings. The second-order valence-corrected chi connectivity index (χ2v) is 2.79. The van der Waals surface area contributed by atoms with Gasteiger partial charge in [0.1, 0.15) is 0 Å². The summed E-state index contributed by atoms with van der Waals surface area (Å²) in [6.45, 7) is 4.30. The van der Waals surface area contributed by atoms with Crippen LogP contribution in [-0.4, -0.2) is 12.0 Å². The fraction of sp³-hybridized carbons (Fsp3) is 0.500. The van der Waals surface area contributed by atoms with E-state index in [1.54, 1.807) is 0 Å². The summed E-state index contributed by atoms with van der Waals surface area (Å²) in [5, 5.41) is 3.09. The summed E-state index contributed by atoms with van der Waals surface area (Å²) in [5.74, 6) is 0. The normalized spacial score (nSPS) is 9.92. The molecule has 0 unspecified atom stereocenters. The summed E-state index contributed by atoms with van der Waals surface area (Å²) in [5.41, 5.74) is 3.67. The van der Waals surface area contributed by atoms with Gasteiger partial charge in [-0.2, -0.15) is 0 Å². The molecule has 66 valence electrons. The zero-order valence-electron chi connectivity index (χ0n) is 8.02. The van der Waals surface area contributed by atoms with Crippen molar-refractivity contribution >= 4 is 5.69 Å². The Morgan fingerprint density at radius 2 is 2.08 bits per heavy atom. The van der Waals surface area contributed by atoms with E-state index >= 15 is 0 Å². The van der Waals surface area contributed by atoms with Crippen molar-refractivity contribution in [3.05, 3.63) is 23.5 Å². The maximum absolute atomic E-state index is 4.38. The minimum absolute atomic E-state index is 1.02. The Hall–Kier alpha value is -1.05. The zero-order chi connectivity index (χ0) is 8.97. The highest BCUT2D eigenvalue weighted by atomic mass is 14.8. The predicted molar refractivity (Wildman–Crippen MR) is 52.5 cm³/mol. The van der Waals surface area contributed by atoms with Gasteiger partial charge in [0.15, 0.2) is 0 Å². The smallest absolute Gasteiger partial charge is 0.0527 e. The Morgan fingerprint density at radius 3 is 2.58 bits per heavy atom. The Bertz CT molecular complexity index is 256. The number of anilines is 1. The number of hydrogen-bond donors (Lipinski definition) is 1. The second kappa shape index (κ2) is 4.10. The number of aromatic nitrogens is 1. The van der Waals surface area contributed by atoms with Crippen LogP contribution in [0.2, 0.25) is 0 Å². The van der Waals surface area contributed by atoms with E-state index in [-0.39, 0.29) is 0 Å². The molecule has 1 rings (SSSR count). The standard InChI is InChI=1S/C10H16N2/c1-4-8-6-9(11-3)7-12-10(8)5-2/h6-7,11H,4-5H2,1-3H3. The van der Waals surface area contributed by atoms with E-state index in [1.807, 2.05) is 13.2 Å². The van der Waals surface area contributed by atoms with Crippen LogP contribution in [0.1, 0.15) is 25.1 Å². The van der Waals surface area contributed by atoms with Crippen molar-refractivity contribution in [1.82, 2.24) is 4.98 Å². The van der Waals surface area contributed by atoms with E-state index in [9.17, 15) is 0 Å². The van der Waals surface area contributed by atoms with Crippen molar-refractivity contribution in [2.75, 3.05) is 12.4 Å². The van der Waals surface area contributed by atoms with Crippen LogP contribution in [0.4, 0.5) is 5.69 Å². The zero-order valence-corrected chi connectivity index (χ0v) is 8.02. The predicted octanol–water partition coefficient (Wildman–Crippen LogP) is 2.25. The molecule has 0 saturated heterocycles. The lowest BCUT2D eigenvalue weighted by atomic mass is 10.1. The SMILES string of the molecule is CCc1cc(NC)cnc1CC. The molecule has 0 radical (unpaired) electrons. The van der Waals surface area contributed by atoms with Crippen LogP contribution in [0.25, 0.3) is 0 Å². The quantitative estimate of drug-likeness (QED) is 0.741.